The third-order valence-electron chi connectivity index (χ3n) is 4.57. The molecule has 1 aromatic heterocycles. The Morgan fingerprint density at radius 2 is 2.00 bits per heavy atom. The molecule has 3 rings (SSSR count). The number of hydrogen-bond acceptors (Lipinski definition) is 4. The summed E-state index contributed by atoms with van der Waals surface area (Å²) in [6.07, 6.45) is 7.58. The molecule has 1 aliphatic rings. The van der Waals surface area contributed by atoms with Crippen LogP contribution in [0.4, 0.5) is 0 Å². The van der Waals surface area contributed by atoms with Gasteiger partial charge in [0.15, 0.2) is 0 Å². The number of carbonyl (C=O) groups excluding carboxylic acids is 1. The lowest BCUT2D eigenvalue weighted by molar-refractivity contribution is 0.0594. The molecule has 2 aromatic rings. The molecule has 1 fully saturated rings. The summed E-state index contributed by atoms with van der Waals surface area (Å²) in [4.78, 5) is 14.8. The van der Waals surface area contributed by atoms with Crippen molar-refractivity contribution in [3.05, 3.63) is 48.3 Å². The maximum atomic E-state index is 12.9. The van der Waals surface area contributed by atoms with Gasteiger partial charge in [0.25, 0.3) is 5.91 Å². The van der Waals surface area contributed by atoms with E-state index in [4.69, 9.17) is 5.14 Å². The highest BCUT2D eigenvalue weighted by Crippen LogP contribution is 2.23. The summed E-state index contributed by atoms with van der Waals surface area (Å²) < 4.78 is 24.6. The minimum atomic E-state index is -3.75. The summed E-state index contributed by atoms with van der Waals surface area (Å²) >= 11 is 0. The van der Waals surface area contributed by atoms with Gasteiger partial charge in [0.05, 0.1) is 4.90 Å². The van der Waals surface area contributed by atoms with Gasteiger partial charge >= 0.3 is 0 Å². The highest BCUT2D eigenvalue weighted by Gasteiger charge is 2.27. The molecule has 0 spiro atoms. The molecule has 1 saturated heterocycles. The van der Waals surface area contributed by atoms with Crippen LogP contribution in [0.3, 0.4) is 0 Å². The van der Waals surface area contributed by atoms with Crippen molar-refractivity contribution in [2.45, 2.75) is 43.2 Å². The number of nitrogens with two attached hydrogens (primary N) is 1. The van der Waals surface area contributed by atoms with Gasteiger partial charge in [-0.2, -0.15) is 5.10 Å². The number of benzene rings is 1. The third-order valence-corrected chi connectivity index (χ3v) is 5.50. The molecule has 25 heavy (non-hydrogen) atoms. The number of nitrogens with zero attached hydrogens (tertiary/aromatic N) is 3. The number of hydrogen-bond donors (Lipinski definition) is 1. The Balaban J connectivity index is 1.71. The van der Waals surface area contributed by atoms with Crippen molar-refractivity contribution >= 4 is 15.9 Å². The first-order chi connectivity index (χ1) is 11.9. The van der Waals surface area contributed by atoms with Crippen molar-refractivity contribution < 1.29 is 13.2 Å². The average Bonchev–Trinajstić information content (AvgIpc) is 3.12. The van der Waals surface area contributed by atoms with Crippen LogP contribution in [0.25, 0.3) is 0 Å². The monoisotopic (exact) mass is 362 g/mol. The quantitative estimate of drug-likeness (QED) is 0.874. The minimum absolute atomic E-state index is 0.0120. The second kappa shape index (κ2) is 7.37. The van der Waals surface area contributed by atoms with E-state index in [0.717, 1.165) is 38.8 Å². The maximum Gasteiger partial charge on any atom is 0.254 e. The summed E-state index contributed by atoms with van der Waals surface area (Å²) in [7, 11) is -3.75. The van der Waals surface area contributed by atoms with Crippen LogP contribution < -0.4 is 5.14 Å². The van der Waals surface area contributed by atoms with E-state index in [-0.39, 0.29) is 16.8 Å². The van der Waals surface area contributed by atoms with Crippen LogP contribution in [-0.4, -0.2) is 41.6 Å². The average molecular weight is 362 g/mol. The Bertz CT molecular complexity index is 816. The molecule has 0 radical (unpaired) electrons. The fourth-order valence-electron chi connectivity index (χ4n) is 3.24. The molecule has 1 aromatic carbocycles. The lowest BCUT2D eigenvalue weighted by atomic mass is 9.98. The molecule has 7 nitrogen and oxygen atoms in total. The number of rotatable bonds is 5. The molecule has 8 heteroatoms. The summed E-state index contributed by atoms with van der Waals surface area (Å²) in [6.45, 7) is 1.49. The van der Waals surface area contributed by atoms with Crippen LogP contribution in [0.1, 0.15) is 36.0 Å². The Labute approximate surface area is 147 Å². The van der Waals surface area contributed by atoms with Crippen LogP contribution >= 0.6 is 0 Å². The lowest BCUT2D eigenvalue weighted by Gasteiger charge is -2.36. The fourth-order valence-corrected chi connectivity index (χ4v) is 3.75. The van der Waals surface area contributed by atoms with Crippen LogP contribution in [0.5, 0.6) is 0 Å². The lowest BCUT2D eigenvalue weighted by Crippen LogP contribution is -2.44. The predicted molar refractivity (Wildman–Crippen MR) is 93.3 cm³/mol. The first kappa shape index (κ1) is 17.6. The molecule has 2 N–H and O–H groups in total. The fraction of sp³-hybridized carbons (Fsp3) is 0.412. The molecule has 1 atom stereocenters. The van der Waals surface area contributed by atoms with Crippen LogP contribution in [-0.2, 0) is 16.6 Å². The van der Waals surface area contributed by atoms with Gasteiger partial charge in [-0.15, -0.1) is 0 Å². The van der Waals surface area contributed by atoms with E-state index in [0.29, 0.717) is 5.56 Å². The summed E-state index contributed by atoms with van der Waals surface area (Å²) in [5.74, 6) is -0.0638. The number of piperidine rings is 1. The van der Waals surface area contributed by atoms with Gasteiger partial charge in [0.1, 0.15) is 0 Å². The normalized spacial score (nSPS) is 18.3. The van der Waals surface area contributed by atoms with Gasteiger partial charge < -0.3 is 4.90 Å². The number of aromatic nitrogens is 2. The number of primary sulfonamides is 1. The molecule has 2 heterocycles. The maximum absolute atomic E-state index is 12.9. The molecule has 1 aliphatic heterocycles. The zero-order chi connectivity index (χ0) is 17.9. The summed E-state index contributed by atoms with van der Waals surface area (Å²) in [6, 6.07) is 7.87. The predicted octanol–water partition coefficient (Wildman–Crippen LogP) is 1.62. The van der Waals surface area contributed by atoms with E-state index in [9.17, 15) is 13.2 Å². The Morgan fingerprint density at radius 3 is 2.64 bits per heavy atom. The van der Waals surface area contributed by atoms with E-state index < -0.39 is 10.0 Å². The van der Waals surface area contributed by atoms with Crippen molar-refractivity contribution in [1.82, 2.24) is 14.7 Å². The molecular weight excluding hydrogens is 340 g/mol. The zero-order valence-corrected chi connectivity index (χ0v) is 14.7. The zero-order valence-electron chi connectivity index (χ0n) is 13.9. The van der Waals surface area contributed by atoms with Gasteiger partial charge in [0.2, 0.25) is 10.0 Å². The topological polar surface area (TPSA) is 98.3 Å². The molecule has 1 unspecified atom stereocenters. The smallest absolute Gasteiger partial charge is 0.254 e. The Hall–Kier alpha value is -2.19. The third kappa shape index (κ3) is 4.26. The highest BCUT2D eigenvalue weighted by molar-refractivity contribution is 7.89. The minimum Gasteiger partial charge on any atom is -0.336 e. The SMILES string of the molecule is NS(=O)(=O)c1ccc(C(=O)N2CCCCC2CCn2cccn2)cc1. The van der Waals surface area contributed by atoms with Crippen molar-refractivity contribution in [2.75, 3.05) is 6.54 Å². The highest BCUT2D eigenvalue weighted by atomic mass is 32.2. The van der Waals surface area contributed by atoms with Gasteiger partial charge in [-0.3, -0.25) is 9.48 Å². The molecule has 0 aliphatic carbocycles. The molecule has 0 saturated carbocycles. The first-order valence-corrected chi connectivity index (χ1v) is 9.91. The number of amides is 1. The molecule has 0 bridgehead atoms. The van der Waals surface area contributed by atoms with E-state index in [1.54, 1.807) is 6.20 Å². The van der Waals surface area contributed by atoms with Gasteiger partial charge in [-0.05, 0) is 56.0 Å². The van der Waals surface area contributed by atoms with Crippen molar-refractivity contribution in [3.63, 3.8) is 0 Å². The summed E-state index contributed by atoms with van der Waals surface area (Å²) in [5, 5.41) is 9.31. The van der Waals surface area contributed by atoms with E-state index in [1.807, 2.05) is 21.8 Å². The van der Waals surface area contributed by atoms with Crippen molar-refractivity contribution in [1.29, 1.82) is 0 Å². The van der Waals surface area contributed by atoms with Crippen LogP contribution in [0, 0.1) is 0 Å². The van der Waals surface area contributed by atoms with Crippen LogP contribution in [0.15, 0.2) is 47.6 Å². The van der Waals surface area contributed by atoms with Crippen molar-refractivity contribution in [3.8, 4) is 0 Å². The number of carbonyl (C=O) groups is 1. The van der Waals surface area contributed by atoms with E-state index in [1.165, 1.54) is 24.3 Å². The van der Waals surface area contributed by atoms with Gasteiger partial charge in [0, 0.05) is 37.1 Å². The van der Waals surface area contributed by atoms with E-state index in [2.05, 4.69) is 5.10 Å². The second-order valence-corrected chi connectivity index (χ2v) is 7.84. The van der Waals surface area contributed by atoms with E-state index >= 15 is 0 Å². The summed E-state index contributed by atoms with van der Waals surface area (Å²) in [5.41, 5.74) is 0.485. The Kier molecular flexibility index (Phi) is 5.19. The molecule has 134 valence electrons. The van der Waals surface area contributed by atoms with Gasteiger partial charge in [-0.1, -0.05) is 0 Å². The standard InChI is InChI=1S/C17H22N4O3S/c18-25(23,24)16-7-5-14(6-8-16)17(22)21-12-2-1-4-15(21)9-13-20-11-3-10-19-20/h3,5-8,10-11,15H,1-2,4,9,12-13H2,(H2,18,23,24). The van der Waals surface area contributed by atoms with Gasteiger partial charge in [-0.25, -0.2) is 13.6 Å². The number of likely N-dealkylation sites (tertiary alicyclic amines) is 1. The molecule has 1 amide bonds. The Morgan fingerprint density at radius 1 is 1.24 bits per heavy atom. The van der Waals surface area contributed by atoms with Crippen molar-refractivity contribution in [2.24, 2.45) is 5.14 Å². The van der Waals surface area contributed by atoms with Crippen LogP contribution in [0.2, 0.25) is 0 Å². The first-order valence-electron chi connectivity index (χ1n) is 8.36. The molecular formula is C17H22N4O3S. The second-order valence-electron chi connectivity index (χ2n) is 6.28. The number of sulfonamides is 1. The largest absolute Gasteiger partial charge is 0.336 e. The number of aryl methyl sites for hydroxylation is 1.